The standard InChI is InChI=1S/C37H33ClFN3O4.ClH/c38-26-11-8-23(9-12-26)30-15-13-28(41-18-4-7-35(41)43)19-25(30)22-46-29-14-16-31(32(39)21-29)36-40-33-20-24(37(44)45)10-17-34(33)42(36)27-5-2-1-3-6-27;/h8-17,19-21,27H,1-7,18,22H2,(H,44,45);1H. The highest BCUT2D eigenvalue weighted by atomic mass is 35.5. The Morgan fingerprint density at radius 3 is 2.40 bits per heavy atom. The molecule has 1 saturated carbocycles. The molecule has 2 heterocycles. The molecule has 10 heteroatoms. The summed E-state index contributed by atoms with van der Waals surface area (Å²) in [5.41, 5.74) is 5.38. The Morgan fingerprint density at radius 2 is 1.70 bits per heavy atom. The number of aromatic nitrogens is 2. The number of amides is 1. The second-order valence-electron chi connectivity index (χ2n) is 12.0. The molecule has 1 aliphatic heterocycles. The molecule has 47 heavy (non-hydrogen) atoms. The first-order chi connectivity index (χ1) is 22.4. The van der Waals surface area contributed by atoms with Gasteiger partial charge in [0.05, 0.1) is 22.2 Å². The molecule has 242 valence electrons. The van der Waals surface area contributed by atoms with Gasteiger partial charge in [0.25, 0.3) is 0 Å². The van der Waals surface area contributed by atoms with E-state index in [-0.39, 0.29) is 36.5 Å². The molecule has 0 spiro atoms. The number of ether oxygens (including phenoxy) is 1. The lowest BCUT2D eigenvalue weighted by Gasteiger charge is -2.25. The molecule has 1 aliphatic carbocycles. The predicted octanol–water partition coefficient (Wildman–Crippen LogP) is 9.49. The van der Waals surface area contributed by atoms with E-state index in [1.54, 1.807) is 35.2 Å². The number of carboxylic acid groups (broad SMARTS) is 1. The van der Waals surface area contributed by atoms with E-state index in [4.69, 9.17) is 21.3 Å². The zero-order valence-corrected chi connectivity index (χ0v) is 27.2. The molecular weight excluding hydrogens is 640 g/mol. The van der Waals surface area contributed by atoms with E-state index in [0.717, 1.165) is 60.0 Å². The number of carboxylic acids is 1. The number of carbonyl (C=O) groups is 2. The summed E-state index contributed by atoms with van der Waals surface area (Å²) < 4.78 is 24.2. The van der Waals surface area contributed by atoms with Crippen molar-refractivity contribution in [2.24, 2.45) is 0 Å². The summed E-state index contributed by atoms with van der Waals surface area (Å²) in [6.45, 7) is 0.834. The van der Waals surface area contributed by atoms with Crippen LogP contribution in [-0.2, 0) is 11.4 Å². The number of anilines is 1. The minimum atomic E-state index is -1.03. The Bertz CT molecular complexity index is 1950. The highest BCUT2D eigenvalue weighted by Crippen LogP contribution is 2.38. The first-order valence-corrected chi connectivity index (χ1v) is 16.1. The normalized spacial score (nSPS) is 15.2. The number of aromatic carboxylic acids is 1. The van der Waals surface area contributed by atoms with E-state index in [9.17, 15) is 14.7 Å². The average Bonchev–Trinajstić information content (AvgIpc) is 3.67. The van der Waals surface area contributed by atoms with Crippen LogP contribution in [0.1, 0.15) is 66.9 Å². The zero-order chi connectivity index (χ0) is 31.8. The quantitative estimate of drug-likeness (QED) is 0.177. The van der Waals surface area contributed by atoms with Gasteiger partial charge in [0.2, 0.25) is 5.91 Å². The van der Waals surface area contributed by atoms with E-state index in [2.05, 4.69) is 4.57 Å². The van der Waals surface area contributed by atoms with E-state index < -0.39 is 11.8 Å². The van der Waals surface area contributed by atoms with Crippen molar-refractivity contribution in [2.45, 2.75) is 57.6 Å². The van der Waals surface area contributed by atoms with Gasteiger partial charge in [-0.1, -0.05) is 49.1 Å². The van der Waals surface area contributed by atoms with E-state index >= 15 is 4.39 Å². The fraction of sp³-hybridized carbons (Fsp3) is 0.270. The van der Waals surface area contributed by atoms with Crippen LogP contribution < -0.4 is 9.64 Å². The number of hydrogen-bond acceptors (Lipinski definition) is 4. The Hall–Kier alpha value is -4.40. The summed E-state index contributed by atoms with van der Waals surface area (Å²) in [5, 5.41) is 10.2. The van der Waals surface area contributed by atoms with Crippen molar-refractivity contribution < 1.29 is 23.8 Å². The number of halogens is 3. The lowest BCUT2D eigenvalue weighted by Crippen LogP contribution is -2.23. The third-order valence-electron chi connectivity index (χ3n) is 9.08. The fourth-order valence-corrected chi connectivity index (χ4v) is 6.88. The van der Waals surface area contributed by atoms with Crippen molar-refractivity contribution >= 4 is 52.6 Å². The maximum Gasteiger partial charge on any atom is 0.335 e. The molecule has 4 aromatic carbocycles. The van der Waals surface area contributed by atoms with E-state index in [0.29, 0.717) is 40.6 Å². The van der Waals surface area contributed by atoms with Crippen LogP contribution in [0.5, 0.6) is 5.75 Å². The van der Waals surface area contributed by atoms with Crippen molar-refractivity contribution in [1.29, 1.82) is 0 Å². The van der Waals surface area contributed by atoms with Crippen LogP contribution in [0.2, 0.25) is 5.02 Å². The molecule has 2 fully saturated rings. The van der Waals surface area contributed by atoms with Crippen LogP contribution in [0.15, 0.2) is 78.9 Å². The van der Waals surface area contributed by atoms with Gasteiger partial charge in [-0.15, -0.1) is 12.4 Å². The fourth-order valence-electron chi connectivity index (χ4n) is 6.76. The van der Waals surface area contributed by atoms with Gasteiger partial charge < -0.3 is 19.3 Å². The van der Waals surface area contributed by atoms with Crippen LogP contribution in [0, 0.1) is 5.82 Å². The number of carbonyl (C=O) groups excluding carboxylic acids is 1. The van der Waals surface area contributed by atoms with Crippen LogP contribution >= 0.6 is 24.0 Å². The van der Waals surface area contributed by atoms with E-state index in [1.807, 2.05) is 42.5 Å². The molecule has 7 rings (SSSR count). The molecule has 2 aliphatic rings. The summed E-state index contributed by atoms with van der Waals surface area (Å²) in [4.78, 5) is 30.7. The molecule has 1 aromatic heterocycles. The molecule has 7 nitrogen and oxygen atoms in total. The van der Waals surface area contributed by atoms with Gasteiger partial charge in [0.15, 0.2) is 0 Å². The zero-order valence-electron chi connectivity index (χ0n) is 25.6. The third kappa shape index (κ3) is 6.58. The lowest BCUT2D eigenvalue weighted by molar-refractivity contribution is -0.117. The van der Waals surface area contributed by atoms with Crippen molar-refractivity contribution in [3.8, 4) is 28.3 Å². The SMILES string of the molecule is Cl.O=C(O)c1ccc2c(c1)nc(-c1ccc(OCc3cc(N4CCCC4=O)ccc3-c3ccc(Cl)cc3)cc1F)n2C1CCCCC1. The highest BCUT2D eigenvalue weighted by Gasteiger charge is 2.25. The van der Waals surface area contributed by atoms with Gasteiger partial charge >= 0.3 is 5.97 Å². The molecular formula is C37H34Cl2FN3O4. The van der Waals surface area contributed by atoms with E-state index in [1.165, 1.54) is 12.5 Å². The van der Waals surface area contributed by atoms with Crippen molar-refractivity contribution in [1.82, 2.24) is 9.55 Å². The first kappa shape index (κ1) is 32.5. The molecule has 0 unspecified atom stereocenters. The van der Waals surface area contributed by atoms with Gasteiger partial charge in [-0.25, -0.2) is 14.2 Å². The monoisotopic (exact) mass is 673 g/mol. The number of rotatable bonds is 8. The molecule has 0 bridgehead atoms. The Kier molecular flexibility index (Phi) is 9.52. The number of benzene rings is 4. The second kappa shape index (κ2) is 13.8. The van der Waals surface area contributed by atoms with Crippen molar-refractivity contribution in [3.05, 3.63) is 101 Å². The van der Waals surface area contributed by atoms with Crippen molar-refractivity contribution in [3.63, 3.8) is 0 Å². The van der Waals surface area contributed by atoms with Crippen LogP contribution in [0.3, 0.4) is 0 Å². The Morgan fingerprint density at radius 1 is 0.936 bits per heavy atom. The summed E-state index contributed by atoms with van der Waals surface area (Å²) >= 11 is 6.14. The summed E-state index contributed by atoms with van der Waals surface area (Å²) in [6, 6.07) is 23.3. The highest BCUT2D eigenvalue weighted by molar-refractivity contribution is 6.30. The Balaban J connectivity index is 0.00000386. The molecule has 5 aromatic rings. The van der Waals surface area contributed by atoms with Gasteiger partial charge in [-0.2, -0.15) is 0 Å². The second-order valence-corrected chi connectivity index (χ2v) is 12.5. The van der Waals surface area contributed by atoms with Gasteiger partial charge in [-0.05, 0) is 90.6 Å². The smallest absolute Gasteiger partial charge is 0.335 e. The first-order valence-electron chi connectivity index (χ1n) is 15.7. The van der Waals surface area contributed by atoms with Crippen LogP contribution in [-0.4, -0.2) is 33.1 Å². The third-order valence-corrected chi connectivity index (χ3v) is 9.33. The van der Waals surface area contributed by atoms with Gasteiger partial charge in [0, 0.05) is 35.8 Å². The molecule has 1 N–H and O–H groups in total. The minimum absolute atomic E-state index is 0. The molecule has 1 saturated heterocycles. The summed E-state index contributed by atoms with van der Waals surface area (Å²) in [5.74, 6) is -0.555. The van der Waals surface area contributed by atoms with Crippen LogP contribution in [0.25, 0.3) is 33.5 Å². The topological polar surface area (TPSA) is 84.7 Å². The number of fused-ring (bicyclic) bond motifs is 1. The van der Waals surface area contributed by atoms with Gasteiger partial charge in [-0.3, -0.25) is 4.79 Å². The van der Waals surface area contributed by atoms with Gasteiger partial charge in [0.1, 0.15) is 24.0 Å². The predicted molar refractivity (Wildman–Crippen MR) is 184 cm³/mol. The largest absolute Gasteiger partial charge is 0.489 e. The molecule has 1 amide bonds. The average molecular weight is 675 g/mol. The number of hydrogen-bond donors (Lipinski definition) is 1. The minimum Gasteiger partial charge on any atom is -0.489 e. The lowest BCUT2D eigenvalue weighted by atomic mass is 9.94. The van der Waals surface area contributed by atoms with Crippen LogP contribution in [0.4, 0.5) is 10.1 Å². The Labute approximate surface area is 283 Å². The van der Waals surface area contributed by atoms with Crippen molar-refractivity contribution in [2.75, 3.05) is 11.4 Å². The summed E-state index contributed by atoms with van der Waals surface area (Å²) in [6.07, 6.45) is 6.60. The number of nitrogens with zero attached hydrogens (tertiary/aromatic N) is 3. The maximum absolute atomic E-state index is 16.0. The molecule has 0 atom stereocenters. The number of imidazole rings is 1. The maximum atomic E-state index is 16.0. The summed E-state index contributed by atoms with van der Waals surface area (Å²) in [7, 11) is 0. The molecule has 0 radical (unpaired) electrons.